The zero-order valence-electron chi connectivity index (χ0n) is 8.96. The Morgan fingerprint density at radius 1 is 1.44 bits per heavy atom. The lowest BCUT2D eigenvalue weighted by molar-refractivity contribution is 0.518. The SMILES string of the molecule is Cc1cc(NCc2ccco2)c(N)cc1F. The van der Waals surface area contributed by atoms with E-state index < -0.39 is 0 Å². The van der Waals surface area contributed by atoms with Crippen molar-refractivity contribution in [3.05, 3.63) is 47.7 Å². The molecule has 0 saturated heterocycles. The molecular weight excluding hydrogens is 207 g/mol. The van der Waals surface area contributed by atoms with Gasteiger partial charge in [-0.05, 0) is 36.8 Å². The number of nitrogens with one attached hydrogen (secondary N) is 1. The molecule has 0 saturated carbocycles. The quantitative estimate of drug-likeness (QED) is 0.782. The van der Waals surface area contributed by atoms with Gasteiger partial charge in [-0.1, -0.05) is 0 Å². The molecule has 0 unspecified atom stereocenters. The molecule has 4 heteroatoms. The van der Waals surface area contributed by atoms with E-state index in [1.807, 2.05) is 12.1 Å². The Morgan fingerprint density at radius 2 is 2.25 bits per heavy atom. The molecule has 3 N–H and O–H groups in total. The van der Waals surface area contributed by atoms with Crippen LogP contribution in [0.15, 0.2) is 34.9 Å². The number of furan rings is 1. The fraction of sp³-hybridized carbons (Fsp3) is 0.167. The molecular formula is C12H13FN2O. The smallest absolute Gasteiger partial charge is 0.128 e. The second kappa shape index (κ2) is 4.26. The van der Waals surface area contributed by atoms with Crippen LogP contribution in [-0.4, -0.2) is 0 Å². The molecule has 84 valence electrons. The summed E-state index contributed by atoms with van der Waals surface area (Å²) < 4.78 is 18.3. The highest BCUT2D eigenvalue weighted by Gasteiger charge is 2.05. The second-order valence-corrected chi connectivity index (χ2v) is 3.62. The first-order valence-electron chi connectivity index (χ1n) is 4.98. The minimum Gasteiger partial charge on any atom is -0.467 e. The van der Waals surface area contributed by atoms with E-state index >= 15 is 0 Å². The van der Waals surface area contributed by atoms with Gasteiger partial charge in [-0.15, -0.1) is 0 Å². The average molecular weight is 220 g/mol. The number of halogens is 1. The van der Waals surface area contributed by atoms with Gasteiger partial charge in [-0.3, -0.25) is 0 Å². The Balaban J connectivity index is 2.12. The van der Waals surface area contributed by atoms with Gasteiger partial charge in [-0.2, -0.15) is 0 Å². The van der Waals surface area contributed by atoms with Crippen LogP contribution < -0.4 is 11.1 Å². The van der Waals surface area contributed by atoms with Gasteiger partial charge in [0.05, 0.1) is 24.2 Å². The first-order chi connectivity index (χ1) is 7.66. The Kier molecular flexibility index (Phi) is 2.81. The molecule has 0 spiro atoms. The van der Waals surface area contributed by atoms with E-state index in [0.717, 1.165) is 11.4 Å². The zero-order valence-corrected chi connectivity index (χ0v) is 8.96. The highest BCUT2D eigenvalue weighted by Crippen LogP contribution is 2.23. The molecule has 0 aliphatic heterocycles. The van der Waals surface area contributed by atoms with Crippen LogP contribution >= 0.6 is 0 Å². The lowest BCUT2D eigenvalue weighted by Crippen LogP contribution is -2.03. The van der Waals surface area contributed by atoms with Crippen LogP contribution in [0.1, 0.15) is 11.3 Å². The minimum absolute atomic E-state index is 0.291. The lowest BCUT2D eigenvalue weighted by atomic mass is 10.2. The maximum absolute atomic E-state index is 13.1. The second-order valence-electron chi connectivity index (χ2n) is 3.62. The van der Waals surface area contributed by atoms with E-state index in [9.17, 15) is 4.39 Å². The first kappa shape index (κ1) is 10.5. The third kappa shape index (κ3) is 2.16. The van der Waals surface area contributed by atoms with Crippen molar-refractivity contribution in [3.63, 3.8) is 0 Å². The van der Waals surface area contributed by atoms with E-state index in [1.54, 1.807) is 19.3 Å². The Bertz CT molecular complexity index is 480. The molecule has 0 fully saturated rings. The number of hydrogen-bond donors (Lipinski definition) is 2. The summed E-state index contributed by atoms with van der Waals surface area (Å²) in [6, 6.07) is 6.68. The van der Waals surface area contributed by atoms with Crippen molar-refractivity contribution in [1.29, 1.82) is 0 Å². The van der Waals surface area contributed by atoms with Crippen LogP contribution in [0.4, 0.5) is 15.8 Å². The number of nitrogens with two attached hydrogens (primary N) is 1. The molecule has 0 aliphatic rings. The number of benzene rings is 1. The molecule has 16 heavy (non-hydrogen) atoms. The Morgan fingerprint density at radius 3 is 2.94 bits per heavy atom. The highest BCUT2D eigenvalue weighted by atomic mass is 19.1. The van der Waals surface area contributed by atoms with Crippen LogP contribution in [0.5, 0.6) is 0 Å². The molecule has 0 atom stereocenters. The van der Waals surface area contributed by atoms with Crippen molar-refractivity contribution in [2.75, 3.05) is 11.1 Å². The van der Waals surface area contributed by atoms with Crippen molar-refractivity contribution < 1.29 is 8.81 Å². The predicted octanol–water partition coefficient (Wildman–Crippen LogP) is 2.92. The fourth-order valence-electron chi connectivity index (χ4n) is 1.45. The fourth-order valence-corrected chi connectivity index (χ4v) is 1.45. The number of nitrogen functional groups attached to an aromatic ring is 1. The molecule has 1 heterocycles. The molecule has 0 radical (unpaired) electrons. The summed E-state index contributed by atoms with van der Waals surface area (Å²) >= 11 is 0. The molecule has 2 rings (SSSR count). The summed E-state index contributed by atoms with van der Waals surface area (Å²) in [5, 5.41) is 3.10. The topological polar surface area (TPSA) is 51.2 Å². The average Bonchev–Trinajstić information content (AvgIpc) is 2.74. The third-order valence-electron chi connectivity index (χ3n) is 2.36. The van der Waals surface area contributed by atoms with Gasteiger partial charge in [-0.25, -0.2) is 4.39 Å². The van der Waals surface area contributed by atoms with Crippen LogP contribution in [0.2, 0.25) is 0 Å². The summed E-state index contributed by atoms with van der Waals surface area (Å²) in [5.41, 5.74) is 7.38. The molecule has 0 amide bonds. The Hall–Kier alpha value is -1.97. The first-order valence-corrected chi connectivity index (χ1v) is 4.98. The summed E-state index contributed by atoms with van der Waals surface area (Å²) in [7, 11) is 0. The van der Waals surface area contributed by atoms with E-state index in [4.69, 9.17) is 10.2 Å². The molecule has 0 bridgehead atoms. The number of aryl methyl sites for hydroxylation is 1. The largest absolute Gasteiger partial charge is 0.467 e. The van der Waals surface area contributed by atoms with Crippen molar-refractivity contribution in [2.45, 2.75) is 13.5 Å². The van der Waals surface area contributed by atoms with Gasteiger partial charge in [0, 0.05) is 0 Å². The van der Waals surface area contributed by atoms with Gasteiger partial charge >= 0.3 is 0 Å². The van der Waals surface area contributed by atoms with Crippen LogP contribution in [0.3, 0.4) is 0 Å². The Labute approximate surface area is 93.1 Å². The maximum Gasteiger partial charge on any atom is 0.128 e. The van der Waals surface area contributed by atoms with Crippen molar-refractivity contribution >= 4 is 11.4 Å². The van der Waals surface area contributed by atoms with Crippen molar-refractivity contribution in [2.24, 2.45) is 0 Å². The van der Waals surface area contributed by atoms with Crippen molar-refractivity contribution in [3.8, 4) is 0 Å². The number of hydrogen-bond acceptors (Lipinski definition) is 3. The van der Waals surface area contributed by atoms with Gasteiger partial charge < -0.3 is 15.5 Å². The van der Waals surface area contributed by atoms with Crippen LogP contribution in [0.25, 0.3) is 0 Å². The number of anilines is 2. The lowest BCUT2D eigenvalue weighted by Gasteiger charge is -2.09. The maximum atomic E-state index is 13.1. The van der Waals surface area contributed by atoms with E-state index in [2.05, 4.69) is 5.32 Å². The molecule has 3 nitrogen and oxygen atoms in total. The van der Waals surface area contributed by atoms with Gasteiger partial charge in [0.2, 0.25) is 0 Å². The molecule has 1 aromatic heterocycles. The van der Waals surface area contributed by atoms with Crippen molar-refractivity contribution in [1.82, 2.24) is 0 Å². The summed E-state index contributed by atoms with van der Waals surface area (Å²) in [4.78, 5) is 0. The van der Waals surface area contributed by atoms with Gasteiger partial charge in [0.1, 0.15) is 11.6 Å². The predicted molar refractivity (Wildman–Crippen MR) is 61.6 cm³/mol. The van der Waals surface area contributed by atoms with E-state index in [1.165, 1.54) is 6.07 Å². The number of rotatable bonds is 3. The monoisotopic (exact) mass is 220 g/mol. The molecule has 1 aromatic carbocycles. The van der Waals surface area contributed by atoms with Crippen LogP contribution in [0, 0.1) is 12.7 Å². The molecule has 2 aromatic rings. The van der Waals surface area contributed by atoms with E-state index in [0.29, 0.717) is 17.8 Å². The van der Waals surface area contributed by atoms with E-state index in [-0.39, 0.29) is 5.82 Å². The summed E-state index contributed by atoms with van der Waals surface area (Å²) in [6.07, 6.45) is 1.61. The van der Waals surface area contributed by atoms with Crippen LogP contribution in [-0.2, 0) is 6.54 Å². The summed E-state index contributed by atoms with van der Waals surface area (Å²) in [5.74, 6) is 0.516. The zero-order chi connectivity index (χ0) is 11.5. The third-order valence-corrected chi connectivity index (χ3v) is 2.36. The summed E-state index contributed by atoms with van der Waals surface area (Å²) in [6.45, 7) is 2.23. The minimum atomic E-state index is -0.291. The molecule has 0 aliphatic carbocycles. The standard InChI is InChI=1S/C12H13FN2O/c1-8-5-12(11(14)6-10(8)13)15-7-9-3-2-4-16-9/h2-6,15H,7,14H2,1H3. The van der Waals surface area contributed by atoms with Gasteiger partial charge in [0.25, 0.3) is 0 Å². The normalized spacial score (nSPS) is 10.4. The van der Waals surface area contributed by atoms with Gasteiger partial charge in [0.15, 0.2) is 0 Å². The highest BCUT2D eigenvalue weighted by molar-refractivity contribution is 5.67.